The lowest BCUT2D eigenvalue weighted by atomic mass is 9.85. The van der Waals surface area contributed by atoms with Gasteiger partial charge in [-0.2, -0.15) is 9.78 Å². The zero-order valence-corrected chi connectivity index (χ0v) is 16.3. The maximum atomic E-state index is 13.6. The van der Waals surface area contributed by atoms with Gasteiger partial charge in [0.1, 0.15) is 5.82 Å². The number of hydrogen-bond acceptors (Lipinski definition) is 5. The topological polar surface area (TPSA) is 92.9 Å². The zero-order chi connectivity index (χ0) is 20.4. The lowest BCUT2D eigenvalue weighted by molar-refractivity contribution is 0.0931. The van der Waals surface area contributed by atoms with E-state index in [4.69, 9.17) is 0 Å². The second-order valence-corrected chi connectivity index (χ2v) is 7.65. The number of fused-ring (bicyclic) bond motifs is 1. The summed E-state index contributed by atoms with van der Waals surface area (Å²) in [6.07, 6.45) is 7.36. The summed E-state index contributed by atoms with van der Waals surface area (Å²) in [5.41, 5.74) is 1.70. The molecule has 1 fully saturated rings. The fraction of sp³-hybridized carbons (Fsp3) is 0.429. The number of aliphatic hydroxyl groups excluding tert-OH is 1. The van der Waals surface area contributed by atoms with Crippen LogP contribution in [-0.4, -0.2) is 43.4 Å². The van der Waals surface area contributed by atoms with Crippen LogP contribution in [0.3, 0.4) is 0 Å². The second-order valence-electron chi connectivity index (χ2n) is 7.65. The molecule has 2 N–H and O–H groups in total. The molecule has 152 valence electrons. The zero-order valence-electron chi connectivity index (χ0n) is 16.3. The van der Waals surface area contributed by atoms with Crippen molar-refractivity contribution in [3.63, 3.8) is 0 Å². The molecule has 1 aliphatic rings. The average molecular weight is 397 g/mol. The molecule has 1 saturated carbocycles. The average Bonchev–Trinajstić information content (AvgIpc) is 3.05. The van der Waals surface area contributed by atoms with Gasteiger partial charge >= 0.3 is 0 Å². The SMILES string of the molecule is Cc1nn(-c2ncc(C(=O)NCCC3CCC(O)CC3)cn2)c2cc(F)ccc12. The summed E-state index contributed by atoms with van der Waals surface area (Å²) in [6, 6.07) is 4.47. The van der Waals surface area contributed by atoms with E-state index < -0.39 is 0 Å². The number of carbonyl (C=O) groups excluding carboxylic acids is 1. The van der Waals surface area contributed by atoms with Crippen LogP contribution in [0.1, 0.15) is 48.2 Å². The first kappa shape index (κ1) is 19.4. The van der Waals surface area contributed by atoms with E-state index in [2.05, 4.69) is 20.4 Å². The molecule has 0 atom stereocenters. The van der Waals surface area contributed by atoms with Crippen molar-refractivity contribution in [3.8, 4) is 5.95 Å². The van der Waals surface area contributed by atoms with Gasteiger partial charge in [-0.05, 0) is 57.1 Å². The van der Waals surface area contributed by atoms with Crippen LogP contribution >= 0.6 is 0 Å². The number of nitrogens with zero attached hydrogens (tertiary/aromatic N) is 4. The predicted octanol–water partition coefficient (Wildman–Crippen LogP) is 2.93. The van der Waals surface area contributed by atoms with Gasteiger partial charge in [0.25, 0.3) is 11.9 Å². The van der Waals surface area contributed by atoms with Crippen molar-refractivity contribution in [1.82, 2.24) is 25.1 Å². The Bertz CT molecular complexity index is 1010. The third-order valence-corrected chi connectivity index (χ3v) is 5.57. The molecule has 0 aliphatic heterocycles. The number of halogens is 1. The Morgan fingerprint density at radius 3 is 2.69 bits per heavy atom. The first-order valence-corrected chi connectivity index (χ1v) is 9.95. The van der Waals surface area contributed by atoms with E-state index in [-0.39, 0.29) is 23.8 Å². The van der Waals surface area contributed by atoms with E-state index in [9.17, 15) is 14.3 Å². The number of rotatable bonds is 5. The van der Waals surface area contributed by atoms with Crippen LogP contribution in [0.15, 0.2) is 30.6 Å². The van der Waals surface area contributed by atoms with Crippen LogP contribution in [0.2, 0.25) is 0 Å². The van der Waals surface area contributed by atoms with E-state index in [1.54, 1.807) is 6.07 Å². The minimum Gasteiger partial charge on any atom is -0.393 e. The van der Waals surface area contributed by atoms with Crippen LogP contribution in [-0.2, 0) is 0 Å². The van der Waals surface area contributed by atoms with Gasteiger partial charge < -0.3 is 10.4 Å². The molecular formula is C21H24FN5O2. The Kier molecular flexibility index (Phi) is 5.53. The number of aliphatic hydroxyl groups is 1. The maximum absolute atomic E-state index is 13.6. The molecule has 1 amide bonds. The van der Waals surface area contributed by atoms with Gasteiger partial charge in [-0.3, -0.25) is 4.79 Å². The van der Waals surface area contributed by atoms with Crippen molar-refractivity contribution in [2.75, 3.05) is 6.54 Å². The van der Waals surface area contributed by atoms with Crippen molar-refractivity contribution < 1.29 is 14.3 Å². The monoisotopic (exact) mass is 397 g/mol. The standard InChI is InChI=1S/C21H24FN5O2/c1-13-18-7-4-16(22)10-19(18)27(26-13)21-24-11-15(12-25-21)20(29)23-9-8-14-2-5-17(28)6-3-14/h4,7,10-12,14,17,28H,2-3,5-6,8-9H2,1H3,(H,23,29). The van der Waals surface area contributed by atoms with E-state index in [1.807, 2.05) is 6.92 Å². The van der Waals surface area contributed by atoms with E-state index >= 15 is 0 Å². The number of aromatic nitrogens is 4. The minimum absolute atomic E-state index is 0.163. The Balaban J connectivity index is 1.40. The highest BCUT2D eigenvalue weighted by Crippen LogP contribution is 2.26. The van der Waals surface area contributed by atoms with Crippen LogP contribution in [0.4, 0.5) is 4.39 Å². The largest absolute Gasteiger partial charge is 0.393 e. The Hall–Kier alpha value is -2.87. The van der Waals surface area contributed by atoms with Crippen molar-refractivity contribution >= 4 is 16.8 Å². The van der Waals surface area contributed by atoms with Crippen LogP contribution < -0.4 is 5.32 Å². The molecule has 2 aromatic heterocycles. The molecule has 4 rings (SSSR count). The molecular weight excluding hydrogens is 373 g/mol. The molecule has 0 saturated heterocycles. The lowest BCUT2D eigenvalue weighted by Gasteiger charge is -2.25. The van der Waals surface area contributed by atoms with Crippen molar-refractivity contribution in [3.05, 3.63) is 47.7 Å². The summed E-state index contributed by atoms with van der Waals surface area (Å²) in [6.45, 7) is 2.43. The third-order valence-electron chi connectivity index (χ3n) is 5.57. The summed E-state index contributed by atoms with van der Waals surface area (Å²) >= 11 is 0. The summed E-state index contributed by atoms with van der Waals surface area (Å²) in [4.78, 5) is 20.8. The molecule has 0 radical (unpaired) electrons. The summed E-state index contributed by atoms with van der Waals surface area (Å²) in [5.74, 6) is 0.252. The molecule has 2 heterocycles. The van der Waals surface area contributed by atoms with Gasteiger partial charge in [-0.15, -0.1) is 0 Å². The van der Waals surface area contributed by atoms with Gasteiger partial charge in [0.15, 0.2) is 0 Å². The normalized spacial score (nSPS) is 19.4. The second kappa shape index (κ2) is 8.24. The number of amides is 1. The summed E-state index contributed by atoms with van der Waals surface area (Å²) < 4.78 is 15.1. The highest BCUT2D eigenvalue weighted by molar-refractivity contribution is 5.93. The third kappa shape index (κ3) is 4.27. The van der Waals surface area contributed by atoms with Crippen LogP contribution in [0, 0.1) is 18.7 Å². The van der Waals surface area contributed by atoms with E-state index in [0.717, 1.165) is 43.2 Å². The molecule has 7 nitrogen and oxygen atoms in total. The van der Waals surface area contributed by atoms with Crippen LogP contribution in [0.25, 0.3) is 16.9 Å². The number of nitrogens with one attached hydrogen (secondary N) is 1. The fourth-order valence-electron chi connectivity index (χ4n) is 3.87. The Morgan fingerprint density at radius 2 is 1.97 bits per heavy atom. The number of aryl methyl sites for hydroxylation is 1. The molecule has 29 heavy (non-hydrogen) atoms. The first-order valence-electron chi connectivity index (χ1n) is 9.95. The van der Waals surface area contributed by atoms with Gasteiger partial charge in [-0.1, -0.05) is 0 Å². The highest BCUT2D eigenvalue weighted by atomic mass is 19.1. The summed E-state index contributed by atoms with van der Waals surface area (Å²) in [7, 11) is 0. The smallest absolute Gasteiger partial charge is 0.254 e. The van der Waals surface area contributed by atoms with Gasteiger partial charge in [0.05, 0.1) is 22.9 Å². The molecule has 3 aromatic rings. The molecule has 1 aromatic carbocycles. The summed E-state index contributed by atoms with van der Waals surface area (Å²) in [5, 5.41) is 17.7. The first-order chi connectivity index (χ1) is 14.0. The molecule has 0 unspecified atom stereocenters. The fourth-order valence-corrected chi connectivity index (χ4v) is 3.87. The van der Waals surface area contributed by atoms with Crippen molar-refractivity contribution in [1.29, 1.82) is 0 Å². The van der Waals surface area contributed by atoms with E-state index in [0.29, 0.717) is 23.5 Å². The van der Waals surface area contributed by atoms with E-state index in [1.165, 1.54) is 29.2 Å². The van der Waals surface area contributed by atoms with Crippen molar-refractivity contribution in [2.24, 2.45) is 5.92 Å². The maximum Gasteiger partial charge on any atom is 0.254 e. The predicted molar refractivity (Wildman–Crippen MR) is 106 cm³/mol. The Labute approximate surface area is 168 Å². The molecule has 1 aliphatic carbocycles. The molecule has 0 bridgehead atoms. The van der Waals surface area contributed by atoms with Gasteiger partial charge in [0, 0.05) is 30.4 Å². The quantitative estimate of drug-likeness (QED) is 0.691. The molecule has 0 spiro atoms. The lowest BCUT2D eigenvalue weighted by Crippen LogP contribution is -2.28. The number of hydrogen-bond donors (Lipinski definition) is 2. The van der Waals surface area contributed by atoms with Crippen molar-refractivity contribution in [2.45, 2.75) is 45.1 Å². The van der Waals surface area contributed by atoms with Gasteiger partial charge in [-0.25, -0.2) is 14.4 Å². The molecule has 8 heteroatoms. The minimum atomic E-state index is -0.359. The highest BCUT2D eigenvalue weighted by Gasteiger charge is 2.19. The van der Waals surface area contributed by atoms with Crippen LogP contribution in [0.5, 0.6) is 0 Å². The number of benzene rings is 1. The Morgan fingerprint density at radius 1 is 1.24 bits per heavy atom. The number of carbonyl (C=O) groups is 1. The van der Waals surface area contributed by atoms with Gasteiger partial charge in [0.2, 0.25) is 0 Å².